The van der Waals surface area contributed by atoms with Crippen molar-refractivity contribution in [1.29, 1.82) is 0 Å². The fraction of sp³-hybridized carbons (Fsp3) is 0.588. The maximum atomic E-state index is 5.21. The lowest BCUT2D eigenvalue weighted by molar-refractivity contribution is 0.327. The van der Waals surface area contributed by atoms with Crippen molar-refractivity contribution in [3.05, 3.63) is 42.1 Å². The van der Waals surface area contributed by atoms with E-state index in [1.165, 1.54) is 37.7 Å². The molecule has 0 bridgehead atoms. The molecular weight excluding hydrogens is 262 g/mol. The van der Waals surface area contributed by atoms with Crippen LogP contribution in [-0.4, -0.2) is 16.3 Å². The highest BCUT2D eigenvalue weighted by Gasteiger charge is 2.18. The summed E-state index contributed by atoms with van der Waals surface area (Å²) in [4.78, 5) is 0. The lowest BCUT2D eigenvalue weighted by atomic mass is 9.96. The topological polar surface area (TPSA) is 43.0 Å². The molecule has 4 heteroatoms. The van der Waals surface area contributed by atoms with E-state index in [4.69, 9.17) is 9.52 Å². The molecule has 2 aromatic heterocycles. The van der Waals surface area contributed by atoms with Crippen molar-refractivity contribution in [2.75, 3.05) is 6.54 Å². The van der Waals surface area contributed by atoms with E-state index in [2.05, 4.69) is 29.2 Å². The van der Waals surface area contributed by atoms with Gasteiger partial charge in [-0.2, -0.15) is 5.10 Å². The second-order valence-electron chi connectivity index (χ2n) is 5.95. The summed E-state index contributed by atoms with van der Waals surface area (Å²) in [6, 6.07) is 5.09. The summed E-state index contributed by atoms with van der Waals surface area (Å²) in [6.07, 6.45) is 13.2. The van der Waals surface area contributed by atoms with Crippen LogP contribution in [0.1, 0.15) is 62.4 Å². The van der Waals surface area contributed by atoms with Crippen molar-refractivity contribution < 1.29 is 4.42 Å². The Hall–Kier alpha value is -1.55. The van der Waals surface area contributed by atoms with E-state index in [-0.39, 0.29) is 6.04 Å². The van der Waals surface area contributed by atoms with E-state index in [0.29, 0.717) is 6.04 Å². The van der Waals surface area contributed by atoms with E-state index in [1.807, 2.05) is 12.3 Å². The first-order valence-electron chi connectivity index (χ1n) is 8.16. The third-order valence-corrected chi connectivity index (χ3v) is 4.42. The number of aromatic nitrogens is 2. The standard InChI is InChI=1S/C17H25N3O/c1-2-18-17(14-9-11-21-13-14)12-15-8-10-20(19-15)16-6-4-3-5-7-16/h8-11,13,16-18H,2-7,12H2,1H3. The number of rotatable bonds is 6. The minimum Gasteiger partial charge on any atom is -0.472 e. The predicted octanol–water partition coefficient (Wildman–Crippen LogP) is 3.87. The summed E-state index contributed by atoms with van der Waals surface area (Å²) in [5, 5.41) is 8.32. The molecule has 114 valence electrons. The summed E-state index contributed by atoms with van der Waals surface area (Å²) in [5.74, 6) is 0. The molecule has 1 N–H and O–H groups in total. The summed E-state index contributed by atoms with van der Waals surface area (Å²) >= 11 is 0. The highest BCUT2D eigenvalue weighted by atomic mass is 16.3. The average Bonchev–Trinajstić information content (AvgIpc) is 3.19. The molecule has 0 amide bonds. The molecule has 1 fully saturated rings. The van der Waals surface area contributed by atoms with Crippen LogP contribution in [0.15, 0.2) is 35.3 Å². The monoisotopic (exact) mass is 287 g/mol. The van der Waals surface area contributed by atoms with Crippen LogP contribution in [0.3, 0.4) is 0 Å². The smallest absolute Gasteiger partial charge is 0.0950 e. The van der Waals surface area contributed by atoms with Gasteiger partial charge in [0.2, 0.25) is 0 Å². The van der Waals surface area contributed by atoms with Gasteiger partial charge in [0, 0.05) is 24.2 Å². The Labute approximate surface area is 126 Å². The van der Waals surface area contributed by atoms with Gasteiger partial charge in [0.1, 0.15) is 0 Å². The van der Waals surface area contributed by atoms with Gasteiger partial charge in [0.25, 0.3) is 0 Å². The first kappa shape index (κ1) is 14.4. The summed E-state index contributed by atoms with van der Waals surface area (Å²) in [5.41, 5.74) is 2.36. The van der Waals surface area contributed by atoms with Crippen LogP contribution in [0.2, 0.25) is 0 Å². The fourth-order valence-electron chi connectivity index (χ4n) is 3.27. The van der Waals surface area contributed by atoms with Crippen LogP contribution in [-0.2, 0) is 6.42 Å². The van der Waals surface area contributed by atoms with Gasteiger partial charge in [0.15, 0.2) is 0 Å². The first-order valence-corrected chi connectivity index (χ1v) is 8.16. The molecule has 3 rings (SSSR count). The van der Waals surface area contributed by atoms with E-state index in [1.54, 1.807) is 6.26 Å². The van der Waals surface area contributed by atoms with Crippen molar-refractivity contribution in [2.45, 2.75) is 57.5 Å². The van der Waals surface area contributed by atoms with Gasteiger partial charge >= 0.3 is 0 Å². The number of nitrogens with zero attached hydrogens (tertiary/aromatic N) is 2. The maximum Gasteiger partial charge on any atom is 0.0950 e. The number of nitrogens with one attached hydrogen (secondary N) is 1. The van der Waals surface area contributed by atoms with Gasteiger partial charge in [-0.25, -0.2) is 0 Å². The lowest BCUT2D eigenvalue weighted by Gasteiger charge is -2.22. The zero-order chi connectivity index (χ0) is 14.5. The van der Waals surface area contributed by atoms with Crippen LogP contribution in [0.4, 0.5) is 0 Å². The molecule has 0 aromatic carbocycles. The second-order valence-corrected chi connectivity index (χ2v) is 5.95. The van der Waals surface area contributed by atoms with Crippen molar-refractivity contribution in [2.24, 2.45) is 0 Å². The van der Waals surface area contributed by atoms with Gasteiger partial charge < -0.3 is 9.73 Å². The van der Waals surface area contributed by atoms with E-state index >= 15 is 0 Å². The Bertz CT molecular complexity index is 526. The first-order chi connectivity index (χ1) is 10.4. The molecule has 0 aliphatic heterocycles. The number of hydrogen-bond acceptors (Lipinski definition) is 3. The molecule has 0 saturated heterocycles. The third kappa shape index (κ3) is 3.56. The van der Waals surface area contributed by atoms with E-state index < -0.39 is 0 Å². The van der Waals surface area contributed by atoms with E-state index in [0.717, 1.165) is 18.7 Å². The van der Waals surface area contributed by atoms with Crippen LogP contribution < -0.4 is 5.32 Å². The largest absolute Gasteiger partial charge is 0.472 e. The zero-order valence-corrected chi connectivity index (χ0v) is 12.8. The van der Waals surface area contributed by atoms with Gasteiger partial charge in [-0.3, -0.25) is 4.68 Å². The minimum atomic E-state index is 0.281. The number of furan rings is 1. The minimum absolute atomic E-state index is 0.281. The van der Waals surface area contributed by atoms with Gasteiger partial charge in [0.05, 0.1) is 24.3 Å². The summed E-state index contributed by atoms with van der Waals surface area (Å²) < 4.78 is 7.40. The van der Waals surface area contributed by atoms with Gasteiger partial charge in [-0.1, -0.05) is 26.2 Å². The normalized spacial score (nSPS) is 18.0. The number of likely N-dealkylation sites (N-methyl/N-ethyl adjacent to an activating group) is 1. The van der Waals surface area contributed by atoms with Crippen molar-refractivity contribution in [3.63, 3.8) is 0 Å². The fourth-order valence-corrected chi connectivity index (χ4v) is 3.27. The summed E-state index contributed by atoms with van der Waals surface area (Å²) in [7, 11) is 0. The Morgan fingerprint density at radius 2 is 2.19 bits per heavy atom. The average molecular weight is 287 g/mol. The third-order valence-electron chi connectivity index (χ3n) is 4.42. The Morgan fingerprint density at radius 1 is 1.33 bits per heavy atom. The molecule has 1 saturated carbocycles. The molecular formula is C17H25N3O. The van der Waals surface area contributed by atoms with Crippen molar-refractivity contribution in [1.82, 2.24) is 15.1 Å². The lowest BCUT2D eigenvalue weighted by Crippen LogP contribution is -2.23. The quantitative estimate of drug-likeness (QED) is 0.877. The van der Waals surface area contributed by atoms with Crippen LogP contribution in [0.5, 0.6) is 0 Å². The Balaban J connectivity index is 1.67. The highest BCUT2D eigenvalue weighted by Crippen LogP contribution is 2.28. The highest BCUT2D eigenvalue weighted by molar-refractivity contribution is 5.15. The SMILES string of the molecule is CCNC(Cc1ccn(C2CCCCC2)n1)c1ccoc1. The second kappa shape index (κ2) is 6.94. The van der Waals surface area contributed by atoms with Crippen LogP contribution in [0.25, 0.3) is 0 Å². The van der Waals surface area contributed by atoms with Gasteiger partial charge in [-0.15, -0.1) is 0 Å². The molecule has 4 nitrogen and oxygen atoms in total. The molecule has 2 aromatic rings. The van der Waals surface area contributed by atoms with E-state index in [9.17, 15) is 0 Å². The molecule has 1 unspecified atom stereocenters. The molecule has 0 radical (unpaired) electrons. The Kier molecular flexibility index (Phi) is 4.76. The Morgan fingerprint density at radius 3 is 2.90 bits per heavy atom. The number of hydrogen-bond donors (Lipinski definition) is 1. The molecule has 1 aliphatic carbocycles. The molecule has 1 aliphatic rings. The van der Waals surface area contributed by atoms with Crippen molar-refractivity contribution in [3.8, 4) is 0 Å². The van der Waals surface area contributed by atoms with Crippen molar-refractivity contribution >= 4 is 0 Å². The zero-order valence-electron chi connectivity index (χ0n) is 12.8. The van der Waals surface area contributed by atoms with Crippen LogP contribution >= 0.6 is 0 Å². The predicted molar refractivity (Wildman–Crippen MR) is 83.2 cm³/mol. The maximum absolute atomic E-state index is 5.21. The van der Waals surface area contributed by atoms with Crippen LogP contribution in [0, 0.1) is 0 Å². The summed E-state index contributed by atoms with van der Waals surface area (Å²) in [6.45, 7) is 3.08. The molecule has 21 heavy (non-hydrogen) atoms. The molecule has 0 spiro atoms. The van der Waals surface area contributed by atoms with Gasteiger partial charge in [-0.05, 0) is 31.5 Å². The molecule has 1 atom stereocenters. The molecule has 2 heterocycles.